The zero-order chi connectivity index (χ0) is 22.2. The fourth-order valence-corrected chi connectivity index (χ4v) is 4.06. The van der Waals surface area contributed by atoms with Crippen molar-refractivity contribution in [1.82, 2.24) is 20.1 Å². The first-order valence-electron chi connectivity index (χ1n) is 10.1. The predicted molar refractivity (Wildman–Crippen MR) is 120 cm³/mol. The molecule has 8 nitrogen and oxygen atoms in total. The van der Waals surface area contributed by atoms with E-state index in [-0.39, 0.29) is 18.1 Å². The Morgan fingerprint density at radius 3 is 2.58 bits per heavy atom. The number of nitrogens with zero attached hydrogens (tertiary/aromatic N) is 4. The molecule has 1 amide bonds. The van der Waals surface area contributed by atoms with Crippen molar-refractivity contribution >= 4 is 23.4 Å². The Morgan fingerprint density at radius 1 is 1.16 bits per heavy atom. The predicted octanol–water partition coefficient (Wildman–Crippen LogP) is 4.58. The van der Waals surface area contributed by atoms with Crippen LogP contribution in [0.2, 0.25) is 0 Å². The summed E-state index contributed by atoms with van der Waals surface area (Å²) < 4.78 is 1.84. The van der Waals surface area contributed by atoms with Gasteiger partial charge in [-0.1, -0.05) is 49.4 Å². The Morgan fingerprint density at radius 2 is 1.90 bits per heavy atom. The van der Waals surface area contributed by atoms with Crippen LogP contribution in [0.25, 0.3) is 5.69 Å². The second-order valence-electron chi connectivity index (χ2n) is 7.10. The molecule has 3 rings (SSSR count). The minimum Gasteiger partial charge on any atom is -0.349 e. The number of carbonyl (C=O) groups excluding carboxylic acids is 1. The number of thioether (sulfide) groups is 1. The van der Waals surface area contributed by atoms with Crippen molar-refractivity contribution in [3.63, 3.8) is 0 Å². The second-order valence-corrected chi connectivity index (χ2v) is 8.05. The van der Waals surface area contributed by atoms with E-state index >= 15 is 0 Å². The number of nitro groups is 1. The van der Waals surface area contributed by atoms with Gasteiger partial charge in [-0.25, -0.2) is 0 Å². The summed E-state index contributed by atoms with van der Waals surface area (Å²) in [5.41, 5.74) is 3.11. The Kier molecular flexibility index (Phi) is 7.77. The Balaban J connectivity index is 1.85. The number of rotatable bonds is 10. The summed E-state index contributed by atoms with van der Waals surface area (Å²) >= 11 is 1.53. The monoisotopic (exact) mass is 439 g/mol. The highest BCUT2D eigenvalue weighted by molar-refractivity contribution is 7.98. The highest BCUT2D eigenvalue weighted by Gasteiger charge is 2.17. The van der Waals surface area contributed by atoms with Crippen molar-refractivity contribution in [2.75, 3.05) is 0 Å². The lowest BCUT2D eigenvalue weighted by Crippen LogP contribution is -2.24. The van der Waals surface area contributed by atoms with Gasteiger partial charge in [0.15, 0.2) is 11.0 Å². The molecule has 1 heterocycles. The lowest BCUT2D eigenvalue weighted by Gasteiger charge is -2.11. The number of benzene rings is 2. The van der Waals surface area contributed by atoms with Crippen LogP contribution in [-0.4, -0.2) is 25.6 Å². The SMILES string of the molecule is CCCCC(=O)NCc1nnc(SCc2ccccc2C)n1-c1ccc([N+](=O)[O-])cc1. The van der Waals surface area contributed by atoms with Crippen molar-refractivity contribution in [2.24, 2.45) is 0 Å². The molecule has 0 atom stereocenters. The topological polar surface area (TPSA) is 103 Å². The first kappa shape index (κ1) is 22.5. The largest absolute Gasteiger partial charge is 0.349 e. The zero-order valence-electron chi connectivity index (χ0n) is 17.6. The quantitative estimate of drug-likeness (QED) is 0.282. The van der Waals surface area contributed by atoms with E-state index in [4.69, 9.17) is 0 Å². The second kappa shape index (κ2) is 10.7. The minimum absolute atomic E-state index is 0.0142. The number of hydrogen-bond acceptors (Lipinski definition) is 6. The third-order valence-corrected chi connectivity index (χ3v) is 5.82. The van der Waals surface area contributed by atoms with E-state index in [1.807, 2.05) is 23.6 Å². The van der Waals surface area contributed by atoms with Crippen LogP contribution in [0.15, 0.2) is 53.7 Å². The highest BCUT2D eigenvalue weighted by Crippen LogP contribution is 2.27. The van der Waals surface area contributed by atoms with Crippen LogP contribution in [0.5, 0.6) is 0 Å². The number of carbonyl (C=O) groups is 1. The lowest BCUT2D eigenvalue weighted by molar-refractivity contribution is -0.384. The van der Waals surface area contributed by atoms with Gasteiger partial charge in [0.2, 0.25) is 5.91 Å². The van der Waals surface area contributed by atoms with Crippen molar-refractivity contribution in [3.8, 4) is 5.69 Å². The Hall–Kier alpha value is -3.20. The number of aryl methyl sites for hydroxylation is 1. The number of hydrogen-bond donors (Lipinski definition) is 1. The van der Waals surface area contributed by atoms with E-state index in [9.17, 15) is 14.9 Å². The molecule has 0 saturated carbocycles. The van der Waals surface area contributed by atoms with Crippen molar-refractivity contribution < 1.29 is 9.72 Å². The molecule has 1 N–H and O–H groups in total. The number of amides is 1. The maximum atomic E-state index is 12.0. The third kappa shape index (κ3) is 5.91. The Bertz CT molecular complexity index is 1050. The van der Waals surface area contributed by atoms with Crippen LogP contribution in [-0.2, 0) is 17.1 Å². The fourth-order valence-electron chi connectivity index (χ4n) is 3.01. The van der Waals surface area contributed by atoms with Gasteiger partial charge in [0.25, 0.3) is 5.69 Å². The van der Waals surface area contributed by atoms with E-state index in [0.717, 1.165) is 12.8 Å². The zero-order valence-corrected chi connectivity index (χ0v) is 18.4. The van der Waals surface area contributed by atoms with Crippen LogP contribution in [0.1, 0.15) is 43.1 Å². The summed E-state index contributed by atoms with van der Waals surface area (Å²) in [4.78, 5) is 22.6. The first-order valence-corrected chi connectivity index (χ1v) is 11.1. The Labute approximate surface area is 185 Å². The molecular weight excluding hydrogens is 414 g/mol. The molecule has 0 unspecified atom stereocenters. The molecular formula is C22H25N5O3S. The van der Waals surface area contributed by atoms with E-state index in [0.29, 0.717) is 28.8 Å². The van der Waals surface area contributed by atoms with Gasteiger partial charge in [-0.05, 0) is 36.6 Å². The molecule has 0 aliphatic rings. The molecule has 1 aromatic heterocycles. The third-order valence-electron chi connectivity index (χ3n) is 4.84. The molecule has 9 heteroatoms. The molecule has 0 bridgehead atoms. The van der Waals surface area contributed by atoms with Crippen molar-refractivity contribution in [2.45, 2.75) is 50.6 Å². The summed E-state index contributed by atoms with van der Waals surface area (Å²) in [6, 6.07) is 14.4. The molecule has 0 spiro atoms. The van der Waals surface area contributed by atoms with Gasteiger partial charge in [-0.15, -0.1) is 10.2 Å². The van der Waals surface area contributed by atoms with Gasteiger partial charge in [-0.3, -0.25) is 19.5 Å². The smallest absolute Gasteiger partial charge is 0.269 e. The molecule has 0 saturated heterocycles. The minimum atomic E-state index is -0.432. The maximum Gasteiger partial charge on any atom is 0.269 e. The van der Waals surface area contributed by atoms with Crippen LogP contribution >= 0.6 is 11.8 Å². The van der Waals surface area contributed by atoms with Gasteiger partial charge in [0, 0.05) is 30.0 Å². The molecule has 162 valence electrons. The summed E-state index contributed by atoms with van der Waals surface area (Å²) in [7, 11) is 0. The first-order chi connectivity index (χ1) is 15.0. The number of non-ortho nitro benzene ring substituents is 1. The fraction of sp³-hybridized carbons (Fsp3) is 0.318. The van der Waals surface area contributed by atoms with E-state index in [1.54, 1.807) is 12.1 Å². The van der Waals surface area contributed by atoms with E-state index < -0.39 is 4.92 Å². The molecule has 3 aromatic rings. The maximum absolute atomic E-state index is 12.0. The van der Waals surface area contributed by atoms with Crippen LogP contribution in [0.3, 0.4) is 0 Å². The number of unbranched alkanes of at least 4 members (excludes halogenated alkanes) is 1. The molecule has 0 aliphatic carbocycles. The van der Waals surface area contributed by atoms with E-state index in [1.165, 1.54) is 35.0 Å². The van der Waals surface area contributed by atoms with Gasteiger partial charge < -0.3 is 5.32 Å². The molecule has 0 aliphatic heterocycles. The number of nitrogens with one attached hydrogen (secondary N) is 1. The van der Waals surface area contributed by atoms with Gasteiger partial charge in [-0.2, -0.15) is 0 Å². The average Bonchev–Trinajstić information content (AvgIpc) is 3.18. The highest BCUT2D eigenvalue weighted by atomic mass is 32.2. The normalized spacial score (nSPS) is 10.8. The van der Waals surface area contributed by atoms with E-state index in [2.05, 4.69) is 34.6 Å². The number of aromatic nitrogens is 3. The number of nitro benzene ring substituents is 1. The van der Waals surface area contributed by atoms with Crippen LogP contribution < -0.4 is 5.32 Å². The van der Waals surface area contributed by atoms with Crippen LogP contribution in [0, 0.1) is 17.0 Å². The molecule has 0 radical (unpaired) electrons. The summed E-state index contributed by atoms with van der Waals surface area (Å²) in [6.07, 6.45) is 2.25. The van der Waals surface area contributed by atoms with Gasteiger partial charge >= 0.3 is 0 Å². The molecule has 2 aromatic carbocycles. The van der Waals surface area contributed by atoms with Crippen molar-refractivity contribution in [3.05, 3.63) is 75.6 Å². The van der Waals surface area contributed by atoms with Crippen molar-refractivity contribution in [1.29, 1.82) is 0 Å². The van der Waals surface area contributed by atoms with Crippen LogP contribution in [0.4, 0.5) is 5.69 Å². The molecule has 0 fully saturated rings. The van der Waals surface area contributed by atoms with Gasteiger partial charge in [0.1, 0.15) is 0 Å². The lowest BCUT2D eigenvalue weighted by atomic mass is 10.1. The standard InChI is InChI=1S/C22H25N5O3S/c1-3-4-9-21(28)23-14-20-24-25-22(31-15-17-8-6-5-7-16(17)2)26(20)18-10-12-19(13-11-18)27(29)30/h5-8,10-13H,3-4,9,14-15H2,1-2H3,(H,23,28). The summed E-state index contributed by atoms with van der Waals surface area (Å²) in [6.45, 7) is 4.34. The average molecular weight is 440 g/mol. The summed E-state index contributed by atoms with van der Waals surface area (Å²) in [5.74, 6) is 1.25. The van der Waals surface area contributed by atoms with Gasteiger partial charge in [0.05, 0.1) is 11.5 Å². The molecule has 31 heavy (non-hydrogen) atoms. The summed E-state index contributed by atoms with van der Waals surface area (Å²) in [5, 5.41) is 23.2.